The lowest BCUT2D eigenvalue weighted by Gasteiger charge is -2.21. The Labute approximate surface area is 159 Å². The molecule has 0 aliphatic heterocycles. The van der Waals surface area contributed by atoms with Gasteiger partial charge in [0, 0.05) is 24.2 Å². The standard InChI is InChI=1S/C23H24N2O2/c1-16(22-8-4-6-18-5-2-3-7-23(18)22)24-20-12-9-19(15-20)17-10-13-21(14-11-17)25(26)27/h2-8,10-11,13-14,16,19-20,24H,9,12,15H2,1H3. The maximum absolute atomic E-state index is 10.8. The van der Waals surface area contributed by atoms with Crippen LogP contribution in [0.1, 0.15) is 49.3 Å². The summed E-state index contributed by atoms with van der Waals surface area (Å²) in [5, 5.41) is 17.2. The Bertz CT molecular complexity index is 947. The molecule has 138 valence electrons. The average Bonchev–Trinajstić information content (AvgIpc) is 3.16. The Morgan fingerprint density at radius 1 is 1.00 bits per heavy atom. The smallest absolute Gasteiger partial charge is 0.269 e. The fourth-order valence-corrected chi connectivity index (χ4v) is 4.38. The molecule has 4 nitrogen and oxygen atoms in total. The summed E-state index contributed by atoms with van der Waals surface area (Å²) in [6.45, 7) is 2.24. The van der Waals surface area contributed by atoms with E-state index < -0.39 is 0 Å². The molecule has 1 fully saturated rings. The third-order valence-corrected chi connectivity index (χ3v) is 5.78. The highest BCUT2D eigenvalue weighted by Crippen LogP contribution is 2.36. The molecule has 3 atom stereocenters. The van der Waals surface area contributed by atoms with Crippen molar-refractivity contribution in [3.8, 4) is 0 Å². The van der Waals surface area contributed by atoms with Crippen molar-refractivity contribution in [3.63, 3.8) is 0 Å². The molecule has 0 bridgehead atoms. The summed E-state index contributed by atoms with van der Waals surface area (Å²) in [7, 11) is 0. The number of nitrogens with one attached hydrogen (secondary N) is 1. The first-order valence-corrected chi connectivity index (χ1v) is 9.60. The van der Waals surface area contributed by atoms with E-state index in [1.54, 1.807) is 12.1 Å². The number of nitro groups is 1. The lowest BCUT2D eigenvalue weighted by Crippen LogP contribution is -2.29. The minimum atomic E-state index is -0.339. The van der Waals surface area contributed by atoms with Crippen LogP contribution in [0.2, 0.25) is 0 Å². The quantitative estimate of drug-likeness (QED) is 0.466. The number of benzene rings is 3. The van der Waals surface area contributed by atoms with E-state index in [-0.39, 0.29) is 16.7 Å². The van der Waals surface area contributed by atoms with Crippen LogP contribution in [0.4, 0.5) is 5.69 Å². The van der Waals surface area contributed by atoms with Gasteiger partial charge in [0.2, 0.25) is 0 Å². The van der Waals surface area contributed by atoms with E-state index in [1.165, 1.54) is 21.9 Å². The van der Waals surface area contributed by atoms with Crippen LogP contribution in [0.15, 0.2) is 66.7 Å². The molecule has 3 unspecified atom stereocenters. The first kappa shape index (κ1) is 17.7. The van der Waals surface area contributed by atoms with Gasteiger partial charge in [-0.1, -0.05) is 54.6 Å². The van der Waals surface area contributed by atoms with Crippen molar-refractivity contribution in [2.45, 2.75) is 44.2 Å². The predicted molar refractivity (Wildman–Crippen MR) is 109 cm³/mol. The largest absolute Gasteiger partial charge is 0.307 e. The van der Waals surface area contributed by atoms with E-state index in [9.17, 15) is 10.1 Å². The third-order valence-electron chi connectivity index (χ3n) is 5.78. The van der Waals surface area contributed by atoms with Crippen molar-refractivity contribution in [2.24, 2.45) is 0 Å². The van der Waals surface area contributed by atoms with Crippen LogP contribution >= 0.6 is 0 Å². The Morgan fingerprint density at radius 2 is 1.74 bits per heavy atom. The normalized spacial score (nSPS) is 20.6. The van der Waals surface area contributed by atoms with E-state index >= 15 is 0 Å². The average molecular weight is 360 g/mol. The van der Waals surface area contributed by atoms with Gasteiger partial charge in [0.25, 0.3) is 5.69 Å². The fourth-order valence-electron chi connectivity index (χ4n) is 4.38. The summed E-state index contributed by atoms with van der Waals surface area (Å²) >= 11 is 0. The number of nitrogens with zero attached hydrogens (tertiary/aromatic N) is 1. The molecule has 1 saturated carbocycles. The topological polar surface area (TPSA) is 55.2 Å². The number of hydrogen-bond donors (Lipinski definition) is 1. The van der Waals surface area contributed by atoms with Gasteiger partial charge in [-0.15, -0.1) is 0 Å². The van der Waals surface area contributed by atoms with Gasteiger partial charge in [-0.25, -0.2) is 0 Å². The SMILES string of the molecule is CC(NC1CCC(c2ccc([N+](=O)[O-])cc2)C1)c1cccc2ccccc12. The Kier molecular flexibility index (Phi) is 4.90. The van der Waals surface area contributed by atoms with Crippen LogP contribution < -0.4 is 5.32 Å². The van der Waals surface area contributed by atoms with Gasteiger partial charge in [-0.05, 0) is 54.0 Å². The van der Waals surface area contributed by atoms with Crippen molar-refractivity contribution in [3.05, 3.63) is 88.0 Å². The second-order valence-electron chi connectivity index (χ2n) is 7.51. The summed E-state index contributed by atoms with van der Waals surface area (Å²) in [5.74, 6) is 0.475. The van der Waals surface area contributed by atoms with Gasteiger partial charge in [0.15, 0.2) is 0 Å². The van der Waals surface area contributed by atoms with E-state index in [1.807, 2.05) is 12.1 Å². The molecular formula is C23H24N2O2. The van der Waals surface area contributed by atoms with Crippen LogP contribution in [0, 0.1) is 10.1 Å². The van der Waals surface area contributed by atoms with Gasteiger partial charge < -0.3 is 5.32 Å². The third kappa shape index (κ3) is 3.71. The van der Waals surface area contributed by atoms with Crippen molar-refractivity contribution in [2.75, 3.05) is 0 Å². The molecule has 0 amide bonds. The summed E-state index contributed by atoms with van der Waals surface area (Å²) in [6.07, 6.45) is 3.33. The van der Waals surface area contributed by atoms with Crippen molar-refractivity contribution in [1.29, 1.82) is 0 Å². The van der Waals surface area contributed by atoms with Gasteiger partial charge in [-0.3, -0.25) is 10.1 Å². The first-order chi connectivity index (χ1) is 13.1. The minimum Gasteiger partial charge on any atom is -0.307 e. The van der Waals surface area contributed by atoms with Crippen LogP contribution in [-0.2, 0) is 0 Å². The molecule has 4 heteroatoms. The van der Waals surface area contributed by atoms with Gasteiger partial charge in [-0.2, -0.15) is 0 Å². The van der Waals surface area contributed by atoms with Crippen molar-refractivity contribution < 1.29 is 4.92 Å². The molecule has 3 aromatic carbocycles. The molecular weight excluding hydrogens is 336 g/mol. The Balaban J connectivity index is 1.44. The highest BCUT2D eigenvalue weighted by Gasteiger charge is 2.27. The van der Waals surface area contributed by atoms with Crippen molar-refractivity contribution in [1.82, 2.24) is 5.32 Å². The van der Waals surface area contributed by atoms with E-state index in [4.69, 9.17) is 0 Å². The number of fused-ring (bicyclic) bond motifs is 1. The maximum Gasteiger partial charge on any atom is 0.269 e. The molecule has 0 spiro atoms. The van der Waals surface area contributed by atoms with Crippen LogP contribution in [0.5, 0.6) is 0 Å². The molecule has 0 aromatic heterocycles. The number of nitro benzene ring substituents is 1. The zero-order valence-corrected chi connectivity index (χ0v) is 15.5. The Hall–Kier alpha value is -2.72. The monoisotopic (exact) mass is 360 g/mol. The molecule has 1 aliphatic rings. The number of non-ortho nitro benzene ring substituents is 1. The second kappa shape index (κ2) is 7.49. The van der Waals surface area contributed by atoms with Crippen LogP contribution in [0.25, 0.3) is 10.8 Å². The maximum atomic E-state index is 10.8. The number of rotatable bonds is 5. The van der Waals surface area contributed by atoms with E-state index in [0.717, 1.165) is 19.3 Å². The molecule has 4 rings (SSSR count). The summed E-state index contributed by atoms with van der Waals surface area (Å²) in [6, 6.07) is 22.9. The molecule has 1 N–H and O–H groups in total. The molecule has 0 saturated heterocycles. The Morgan fingerprint density at radius 3 is 2.52 bits per heavy atom. The number of hydrogen-bond acceptors (Lipinski definition) is 3. The van der Waals surface area contributed by atoms with Gasteiger partial charge in [0.1, 0.15) is 0 Å². The highest BCUT2D eigenvalue weighted by molar-refractivity contribution is 5.86. The summed E-state index contributed by atoms with van der Waals surface area (Å²) < 4.78 is 0. The minimum absolute atomic E-state index is 0.163. The second-order valence-corrected chi connectivity index (χ2v) is 7.51. The van der Waals surface area contributed by atoms with Crippen LogP contribution in [-0.4, -0.2) is 11.0 Å². The van der Waals surface area contributed by atoms with Crippen LogP contribution in [0.3, 0.4) is 0 Å². The molecule has 0 radical (unpaired) electrons. The van der Waals surface area contributed by atoms with E-state index in [2.05, 4.69) is 54.7 Å². The lowest BCUT2D eigenvalue weighted by molar-refractivity contribution is -0.384. The van der Waals surface area contributed by atoms with Gasteiger partial charge in [0.05, 0.1) is 4.92 Å². The first-order valence-electron chi connectivity index (χ1n) is 9.60. The van der Waals surface area contributed by atoms with Gasteiger partial charge >= 0.3 is 0 Å². The molecule has 0 heterocycles. The zero-order valence-electron chi connectivity index (χ0n) is 15.5. The fraction of sp³-hybridized carbons (Fsp3) is 0.304. The highest BCUT2D eigenvalue weighted by atomic mass is 16.6. The predicted octanol–water partition coefficient (Wildman–Crippen LogP) is 5.73. The lowest BCUT2D eigenvalue weighted by atomic mass is 9.96. The molecule has 27 heavy (non-hydrogen) atoms. The summed E-state index contributed by atoms with van der Waals surface area (Å²) in [4.78, 5) is 10.5. The van der Waals surface area contributed by atoms with Crippen molar-refractivity contribution >= 4 is 16.5 Å². The molecule has 1 aliphatic carbocycles. The summed E-state index contributed by atoms with van der Waals surface area (Å²) in [5.41, 5.74) is 2.71. The van der Waals surface area contributed by atoms with E-state index in [0.29, 0.717) is 12.0 Å². The zero-order chi connectivity index (χ0) is 18.8. The molecule has 3 aromatic rings.